The van der Waals surface area contributed by atoms with Crippen molar-refractivity contribution in [1.82, 2.24) is 40.5 Å². The van der Waals surface area contributed by atoms with E-state index >= 15 is 0 Å². The molecule has 7 rings (SSSR count). The molecule has 15 nitrogen and oxygen atoms in total. The number of aromatic amines is 1. The van der Waals surface area contributed by atoms with Crippen LogP contribution in [0, 0.1) is 6.92 Å². The zero-order valence-electron chi connectivity index (χ0n) is 31.4. The average molecular weight is 750 g/mol. The van der Waals surface area contributed by atoms with Gasteiger partial charge in [-0.05, 0) is 86.5 Å². The molecule has 3 aliphatic heterocycles. The van der Waals surface area contributed by atoms with Gasteiger partial charge in [-0.3, -0.25) is 19.7 Å². The van der Waals surface area contributed by atoms with Crippen molar-refractivity contribution >= 4 is 46.2 Å². The summed E-state index contributed by atoms with van der Waals surface area (Å²) < 4.78 is 0. The standard InChI is InChI=1S/C40H51N11O4/c1-27-22-28(23-30-25-43-47-36(27)30)24-35(46-39(54)50-16-11-32(12-17-50)51-26-29-6-2-3-7-33(29)45-40(51)55)37(52)44-34(8-4-5-13-41)38(53)49-20-18-48(19-21-49)31-9-14-42-15-10-31/h2-3,6-7,9-10,14-15,22-23,25,32,34-35H,4-5,8,11-13,16-21,24,26,41H2,1H3,(H,43,47)(H,44,52)(H,45,55)(H,46,54). The quantitative estimate of drug-likeness (QED) is 0.137. The lowest BCUT2D eigenvalue weighted by atomic mass is 9.99. The molecule has 2 atom stereocenters. The fraction of sp³-hybridized carbons (Fsp3) is 0.450. The number of aryl methyl sites for hydroxylation is 1. The van der Waals surface area contributed by atoms with Crippen molar-refractivity contribution in [2.75, 3.05) is 56.0 Å². The van der Waals surface area contributed by atoms with Crippen LogP contribution in [0.4, 0.5) is 21.0 Å². The Morgan fingerprint density at radius 2 is 1.69 bits per heavy atom. The summed E-state index contributed by atoms with van der Waals surface area (Å²) in [6.07, 6.45) is 8.55. The van der Waals surface area contributed by atoms with Crippen molar-refractivity contribution in [3.8, 4) is 0 Å². The number of unbranched alkanes of at least 4 members (excludes halogenated alkanes) is 1. The van der Waals surface area contributed by atoms with Gasteiger partial charge >= 0.3 is 12.1 Å². The number of nitrogens with one attached hydrogen (secondary N) is 4. The molecule has 15 heteroatoms. The summed E-state index contributed by atoms with van der Waals surface area (Å²) in [5, 5.41) is 17.2. The highest BCUT2D eigenvalue weighted by Crippen LogP contribution is 2.28. The molecule has 5 heterocycles. The smallest absolute Gasteiger partial charge is 0.322 e. The average Bonchev–Trinajstić information content (AvgIpc) is 3.70. The monoisotopic (exact) mass is 749 g/mol. The van der Waals surface area contributed by atoms with Gasteiger partial charge in [0.15, 0.2) is 0 Å². The van der Waals surface area contributed by atoms with Gasteiger partial charge in [0.1, 0.15) is 12.1 Å². The molecule has 0 spiro atoms. The molecule has 2 aromatic carbocycles. The first-order chi connectivity index (χ1) is 26.8. The maximum atomic E-state index is 14.3. The van der Waals surface area contributed by atoms with Crippen LogP contribution in [0.25, 0.3) is 10.9 Å². The second-order valence-corrected chi connectivity index (χ2v) is 14.7. The van der Waals surface area contributed by atoms with Crippen LogP contribution in [-0.4, -0.2) is 118 Å². The number of carbonyl (C=O) groups is 4. The summed E-state index contributed by atoms with van der Waals surface area (Å²) in [6.45, 7) is 6.23. The third kappa shape index (κ3) is 8.83. The van der Waals surface area contributed by atoms with Crippen molar-refractivity contribution in [2.45, 2.75) is 70.1 Å². The number of amides is 6. The maximum Gasteiger partial charge on any atom is 0.322 e. The van der Waals surface area contributed by atoms with E-state index in [4.69, 9.17) is 5.73 Å². The fourth-order valence-corrected chi connectivity index (χ4v) is 8.00. The zero-order chi connectivity index (χ0) is 38.3. The van der Waals surface area contributed by atoms with Gasteiger partial charge in [-0.25, -0.2) is 9.59 Å². The second kappa shape index (κ2) is 17.2. The molecule has 4 aromatic rings. The molecule has 2 aromatic heterocycles. The highest BCUT2D eigenvalue weighted by Gasteiger charge is 2.35. The molecule has 0 bridgehead atoms. The molecule has 0 aliphatic carbocycles. The van der Waals surface area contributed by atoms with E-state index in [1.807, 2.05) is 65.3 Å². The predicted octanol–water partition coefficient (Wildman–Crippen LogP) is 3.36. The molecule has 55 heavy (non-hydrogen) atoms. The van der Waals surface area contributed by atoms with Crippen molar-refractivity contribution in [2.24, 2.45) is 5.73 Å². The van der Waals surface area contributed by atoms with E-state index in [9.17, 15) is 19.2 Å². The van der Waals surface area contributed by atoms with Crippen LogP contribution >= 0.6 is 0 Å². The molecule has 0 radical (unpaired) electrons. The van der Waals surface area contributed by atoms with Gasteiger partial charge in [0.25, 0.3) is 0 Å². The topological polar surface area (TPSA) is 185 Å². The first-order valence-corrected chi connectivity index (χ1v) is 19.3. The lowest BCUT2D eigenvalue weighted by molar-refractivity contribution is -0.137. The molecule has 290 valence electrons. The van der Waals surface area contributed by atoms with E-state index in [0.717, 1.165) is 45.4 Å². The van der Waals surface area contributed by atoms with Gasteiger partial charge in [-0.2, -0.15) is 5.10 Å². The van der Waals surface area contributed by atoms with Crippen molar-refractivity contribution in [1.29, 1.82) is 0 Å². The summed E-state index contributed by atoms with van der Waals surface area (Å²) in [7, 11) is 0. The number of likely N-dealkylation sites (tertiary alicyclic amines) is 1. The van der Waals surface area contributed by atoms with Crippen LogP contribution in [0.1, 0.15) is 48.8 Å². The number of piperidine rings is 1. The van der Waals surface area contributed by atoms with E-state index in [2.05, 4.69) is 36.0 Å². The lowest BCUT2D eigenvalue weighted by Crippen LogP contribution is -2.59. The van der Waals surface area contributed by atoms with Crippen molar-refractivity contribution in [3.63, 3.8) is 0 Å². The number of hydrogen-bond acceptors (Lipinski definition) is 8. The molecule has 2 unspecified atom stereocenters. The van der Waals surface area contributed by atoms with Gasteiger partial charge in [0.05, 0.1) is 11.7 Å². The number of urea groups is 2. The molecule has 6 amide bonds. The minimum absolute atomic E-state index is 0.0203. The number of aromatic nitrogens is 3. The summed E-state index contributed by atoms with van der Waals surface area (Å²) in [6, 6.07) is 13.5. The number of H-pyrrole nitrogens is 1. The number of para-hydroxylation sites is 1. The van der Waals surface area contributed by atoms with Crippen LogP contribution in [0.3, 0.4) is 0 Å². The van der Waals surface area contributed by atoms with E-state index in [1.54, 1.807) is 23.5 Å². The molecular formula is C40H51N11O4. The highest BCUT2D eigenvalue weighted by atomic mass is 16.2. The Morgan fingerprint density at radius 1 is 0.927 bits per heavy atom. The van der Waals surface area contributed by atoms with E-state index < -0.39 is 18.0 Å². The van der Waals surface area contributed by atoms with E-state index in [-0.39, 0.29) is 30.4 Å². The number of nitrogens with two attached hydrogens (primary N) is 1. The predicted molar refractivity (Wildman–Crippen MR) is 210 cm³/mol. The summed E-state index contributed by atoms with van der Waals surface area (Å²) >= 11 is 0. The Balaban J connectivity index is 1.03. The Hall–Kier alpha value is -5.70. The molecule has 2 saturated heterocycles. The van der Waals surface area contributed by atoms with E-state index in [1.165, 1.54) is 0 Å². The number of benzene rings is 2. The normalized spacial score (nSPS) is 17.4. The molecule has 6 N–H and O–H groups in total. The number of anilines is 2. The van der Waals surface area contributed by atoms with Gasteiger partial charge in [-0.1, -0.05) is 24.3 Å². The SMILES string of the molecule is Cc1cc(CC(NC(=O)N2CCC(N3Cc4ccccc4NC3=O)CC2)C(=O)NC(CCCCN)C(=O)N2CCN(c3ccncc3)CC2)cc2cn[nH]c12. The van der Waals surface area contributed by atoms with Crippen LogP contribution in [0.5, 0.6) is 0 Å². The lowest BCUT2D eigenvalue weighted by Gasteiger charge is -2.40. The Morgan fingerprint density at radius 3 is 2.45 bits per heavy atom. The summed E-state index contributed by atoms with van der Waals surface area (Å²) in [5.74, 6) is -0.551. The number of pyridine rings is 1. The largest absolute Gasteiger partial charge is 0.368 e. The van der Waals surface area contributed by atoms with Gasteiger partial charge < -0.3 is 41.3 Å². The maximum absolute atomic E-state index is 14.3. The van der Waals surface area contributed by atoms with Crippen LogP contribution < -0.4 is 26.6 Å². The third-order valence-electron chi connectivity index (χ3n) is 11.1. The summed E-state index contributed by atoms with van der Waals surface area (Å²) in [5.41, 5.74) is 11.5. The molecular weight excluding hydrogens is 699 g/mol. The third-order valence-corrected chi connectivity index (χ3v) is 11.1. The highest BCUT2D eigenvalue weighted by molar-refractivity contribution is 5.93. The number of piperazine rings is 1. The van der Waals surface area contributed by atoms with Crippen LogP contribution in [0.15, 0.2) is 67.1 Å². The Labute approximate surface area is 321 Å². The van der Waals surface area contributed by atoms with Crippen molar-refractivity contribution in [3.05, 3.63) is 83.8 Å². The van der Waals surface area contributed by atoms with Crippen LogP contribution in [-0.2, 0) is 22.6 Å². The van der Waals surface area contributed by atoms with Gasteiger partial charge in [-0.15, -0.1) is 0 Å². The molecule has 2 fully saturated rings. The van der Waals surface area contributed by atoms with Gasteiger partial charge in [0.2, 0.25) is 11.8 Å². The van der Waals surface area contributed by atoms with Gasteiger partial charge in [0, 0.05) is 87.4 Å². The molecule has 0 saturated carbocycles. The fourth-order valence-electron chi connectivity index (χ4n) is 8.00. The first-order valence-electron chi connectivity index (χ1n) is 19.3. The number of fused-ring (bicyclic) bond motifs is 2. The zero-order valence-corrected chi connectivity index (χ0v) is 31.4. The van der Waals surface area contributed by atoms with E-state index in [0.29, 0.717) is 78.0 Å². The van der Waals surface area contributed by atoms with Crippen LogP contribution in [0.2, 0.25) is 0 Å². The van der Waals surface area contributed by atoms with Crippen molar-refractivity contribution < 1.29 is 19.2 Å². The number of rotatable bonds is 12. The number of hydrogen-bond donors (Lipinski definition) is 5. The first kappa shape index (κ1) is 37.6. The molecule has 3 aliphatic rings. The Kier molecular flexibility index (Phi) is 11.8. The Bertz CT molecular complexity index is 1970. The number of carbonyl (C=O) groups excluding carboxylic acids is 4. The minimum atomic E-state index is -0.952. The number of nitrogens with zero attached hydrogens (tertiary/aromatic N) is 6. The summed E-state index contributed by atoms with van der Waals surface area (Å²) in [4.78, 5) is 67.0. The minimum Gasteiger partial charge on any atom is -0.368 e. The second-order valence-electron chi connectivity index (χ2n) is 14.7.